The third kappa shape index (κ3) is 3.69. The van der Waals surface area contributed by atoms with Crippen LogP contribution in [0.25, 0.3) is 0 Å². The summed E-state index contributed by atoms with van der Waals surface area (Å²) in [5.41, 5.74) is 1.21. The van der Waals surface area contributed by atoms with E-state index in [0.717, 1.165) is 0 Å². The van der Waals surface area contributed by atoms with Gasteiger partial charge in [0.2, 0.25) is 5.91 Å². The highest BCUT2D eigenvalue weighted by Crippen LogP contribution is 2.26. The number of amides is 1. The molecule has 0 aliphatic carbocycles. The summed E-state index contributed by atoms with van der Waals surface area (Å²) < 4.78 is 12.7. The highest BCUT2D eigenvalue weighted by molar-refractivity contribution is 6.32. The van der Waals surface area contributed by atoms with E-state index in [2.05, 4.69) is 5.32 Å². The highest BCUT2D eigenvalue weighted by atomic mass is 35.5. The Kier molecular flexibility index (Phi) is 4.02. The first-order valence-electron chi connectivity index (χ1n) is 5.57. The van der Waals surface area contributed by atoms with Crippen LogP contribution >= 0.6 is 11.6 Å². The molecular formula is C14H11ClFNO2. The monoisotopic (exact) mass is 279 g/mol. The molecule has 0 aliphatic rings. The van der Waals surface area contributed by atoms with Gasteiger partial charge >= 0.3 is 0 Å². The fourth-order valence-electron chi connectivity index (χ4n) is 1.58. The van der Waals surface area contributed by atoms with Crippen LogP contribution in [0.4, 0.5) is 10.1 Å². The largest absolute Gasteiger partial charge is 0.506 e. The molecule has 5 heteroatoms. The number of phenolic OH excluding ortho intramolecular Hbond substituents is 1. The van der Waals surface area contributed by atoms with E-state index in [1.54, 1.807) is 18.2 Å². The number of halogens is 2. The summed E-state index contributed by atoms with van der Waals surface area (Å²) in [5.74, 6) is -0.624. The molecule has 2 aromatic carbocycles. The minimum Gasteiger partial charge on any atom is -0.506 e. The lowest BCUT2D eigenvalue weighted by molar-refractivity contribution is -0.115. The predicted octanol–water partition coefficient (Wildman–Crippen LogP) is 3.37. The van der Waals surface area contributed by atoms with Gasteiger partial charge in [0.05, 0.1) is 11.4 Å². The highest BCUT2D eigenvalue weighted by Gasteiger charge is 2.06. The van der Waals surface area contributed by atoms with Crippen molar-refractivity contribution in [2.75, 3.05) is 5.32 Å². The topological polar surface area (TPSA) is 49.3 Å². The number of carbonyl (C=O) groups excluding carboxylic acids is 1. The molecule has 3 nitrogen and oxygen atoms in total. The lowest BCUT2D eigenvalue weighted by atomic mass is 10.1. The standard InChI is InChI=1S/C14H11ClFNO2/c15-12-8-11(5-6-13(12)18)17-14(19)7-9-1-3-10(16)4-2-9/h1-6,8,18H,7H2,(H,17,19). The maximum absolute atomic E-state index is 12.7. The zero-order valence-corrected chi connectivity index (χ0v) is 10.6. The summed E-state index contributed by atoms with van der Waals surface area (Å²) in [5, 5.41) is 12.1. The Morgan fingerprint density at radius 3 is 2.53 bits per heavy atom. The second kappa shape index (κ2) is 5.71. The van der Waals surface area contributed by atoms with Gasteiger partial charge in [0.1, 0.15) is 11.6 Å². The smallest absolute Gasteiger partial charge is 0.228 e. The van der Waals surface area contributed by atoms with Crippen LogP contribution < -0.4 is 5.32 Å². The second-order valence-corrected chi connectivity index (χ2v) is 4.42. The summed E-state index contributed by atoms with van der Waals surface area (Å²) in [6, 6.07) is 10.1. The van der Waals surface area contributed by atoms with Gasteiger partial charge in [-0.25, -0.2) is 4.39 Å². The van der Waals surface area contributed by atoms with Crippen molar-refractivity contribution < 1.29 is 14.3 Å². The summed E-state index contributed by atoms with van der Waals surface area (Å²) in [6.45, 7) is 0. The van der Waals surface area contributed by atoms with E-state index in [1.807, 2.05) is 0 Å². The summed E-state index contributed by atoms with van der Waals surface area (Å²) in [6.07, 6.45) is 0.138. The van der Waals surface area contributed by atoms with Crippen LogP contribution in [0.3, 0.4) is 0 Å². The van der Waals surface area contributed by atoms with Crippen LogP contribution in [0.15, 0.2) is 42.5 Å². The average molecular weight is 280 g/mol. The minimum absolute atomic E-state index is 0.0433. The third-order valence-electron chi connectivity index (χ3n) is 2.51. The Morgan fingerprint density at radius 2 is 1.89 bits per heavy atom. The molecular weight excluding hydrogens is 269 g/mol. The van der Waals surface area contributed by atoms with Gasteiger partial charge in [-0.05, 0) is 35.9 Å². The summed E-state index contributed by atoms with van der Waals surface area (Å²) >= 11 is 5.73. The zero-order valence-electron chi connectivity index (χ0n) is 9.86. The lowest BCUT2D eigenvalue weighted by Crippen LogP contribution is -2.14. The molecule has 0 fully saturated rings. The number of rotatable bonds is 3. The van der Waals surface area contributed by atoms with Gasteiger partial charge < -0.3 is 10.4 Å². The number of phenols is 1. The average Bonchev–Trinajstić information content (AvgIpc) is 2.37. The van der Waals surface area contributed by atoms with E-state index in [-0.39, 0.29) is 28.9 Å². The van der Waals surface area contributed by atoms with Crippen molar-refractivity contribution in [2.45, 2.75) is 6.42 Å². The quantitative estimate of drug-likeness (QED) is 0.847. The molecule has 0 spiro atoms. The maximum Gasteiger partial charge on any atom is 0.228 e. The second-order valence-electron chi connectivity index (χ2n) is 4.02. The number of hydrogen-bond acceptors (Lipinski definition) is 2. The molecule has 2 N–H and O–H groups in total. The number of anilines is 1. The molecule has 0 heterocycles. The molecule has 2 rings (SSSR count). The van der Waals surface area contributed by atoms with E-state index in [0.29, 0.717) is 11.3 Å². The van der Waals surface area contributed by atoms with E-state index in [9.17, 15) is 14.3 Å². The first kappa shape index (κ1) is 13.4. The molecule has 19 heavy (non-hydrogen) atoms. The summed E-state index contributed by atoms with van der Waals surface area (Å²) in [4.78, 5) is 11.8. The van der Waals surface area contributed by atoms with E-state index in [1.165, 1.54) is 24.3 Å². The van der Waals surface area contributed by atoms with Gasteiger partial charge in [0.15, 0.2) is 0 Å². The van der Waals surface area contributed by atoms with Crippen LogP contribution in [0.2, 0.25) is 5.02 Å². The number of carbonyl (C=O) groups is 1. The Morgan fingerprint density at radius 1 is 1.21 bits per heavy atom. The van der Waals surface area contributed by atoms with Gasteiger partial charge in [0.25, 0.3) is 0 Å². The molecule has 2 aromatic rings. The first-order valence-corrected chi connectivity index (χ1v) is 5.95. The molecule has 0 radical (unpaired) electrons. The van der Waals surface area contributed by atoms with Gasteiger partial charge in [-0.15, -0.1) is 0 Å². The molecule has 0 bridgehead atoms. The van der Waals surface area contributed by atoms with Crippen molar-refractivity contribution in [1.82, 2.24) is 0 Å². The zero-order chi connectivity index (χ0) is 13.8. The number of hydrogen-bond donors (Lipinski definition) is 2. The van der Waals surface area contributed by atoms with E-state index in [4.69, 9.17) is 11.6 Å². The van der Waals surface area contributed by atoms with Gasteiger partial charge in [-0.3, -0.25) is 4.79 Å². The van der Waals surface area contributed by atoms with Crippen molar-refractivity contribution in [3.05, 3.63) is 58.9 Å². The molecule has 0 aliphatic heterocycles. The van der Waals surface area contributed by atoms with Crippen LogP contribution in [-0.4, -0.2) is 11.0 Å². The van der Waals surface area contributed by atoms with Gasteiger partial charge in [-0.2, -0.15) is 0 Å². The number of aromatic hydroxyl groups is 1. The van der Waals surface area contributed by atoms with Gasteiger partial charge in [-0.1, -0.05) is 23.7 Å². The van der Waals surface area contributed by atoms with Crippen molar-refractivity contribution >= 4 is 23.2 Å². The Hall–Kier alpha value is -2.07. The fourth-order valence-corrected chi connectivity index (χ4v) is 1.76. The third-order valence-corrected chi connectivity index (χ3v) is 2.81. The normalized spacial score (nSPS) is 10.2. The lowest BCUT2D eigenvalue weighted by Gasteiger charge is -2.06. The number of nitrogens with one attached hydrogen (secondary N) is 1. The minimum atomic E-state index is -0.338. The molecule has 0 atom stereocenters. The van der Waals surface area contributed by atoms with E-state index < -0.39 is 0 Å². The molecule has 0 aromatic heterocycles. The van der Waals surface area contributed by atoms with Crippen molar-refractivity contribution in [2.24, 2.45) is 0 Å². The van der Waals surface area contributed by atoms with Crippen molar-refractivity contribution in [3.63, 3.8) is 0 Å². The van der Waals surface area contributed by atoms with Gasteiger partial charge in [0, 0.05) is 5.69 Å². The maximum atomic E-state index is 12.7. The van der Waals surface area contributed by atoms with Crippen LogP contribution in [0.5, 0.6) is 5.75 Å². The SMILES string of the molecule is O=C(Cc1ccc(F)cc1)Nc1ccc(O)c(Cl)c1. The van der Waals surface area contributed by atoms with E-state index >= 15 is 0 Å². The molecule has 98 valence electrons. The van der Waals surface area contributed by atoms with Crippen LogP contribution in [0, 0.1) is 5.82 Å². The molecule has 0 saturated carbocycles. The fraction of sp³-hybridized carbons (Fsp3) is 0.0714. The van der Waals surface area contributed by atoms with Crippen molar-refractivity contribution in [1.29, 1.82) is 0 Å². The summed E-state index contributed by atoms with van der Waals surface area (Å²) in [7, 11) is 0. The molecule has 1 amide bonds. The predicted molar refractivity (Wildman–Crippen MR) is 71.9 cm³/mol. The van der Waals surface area contributed by atoms with Crippen LogP contribution in [0.1, 0.15) is 5.56 Å². The Balaban J connectivity index is 2.01. The molecule has 0 saturated heterocycles. The Bertz CT molecular complexity index is 599. The Labute approximate surface area is 114 Å². The first-order chi connectivity index (χ1) is 9.04. The molecule has 0 unspecified atom stereocenters. The van der Waals surface area contributed by atoms with Crippen LogP contribution in [-0.2, 0) is 11.2 Å². The van der Waals surface area contributed by atoms with Crippen molar-refractivity contribution in [3.8, 4) is 5.75 Å². The number of benzene rings is 2.